The van der Waals surface area contributed by atoms with Gasteiger partial charge in [0.1, 0.15) is 23.3 Å². The quantitative estimate of drug-likeness (QED) is 0.551. The molecule has 3 aromatic rings. The fourth-order valence-corrected chi connectivity index (χ4v) is 2.93. The summed E-state index contributed by atoms with van der Waals surface area (Å²) in [5.74, 6) is 0.618. The van der Waals surface area contributed by atoms with Crippen molar-refractivity contribution in [2.24, 2.45) is 0 Å². The second-order valence-electron chi connectivity index (χ2n) is 7.26. The zero-order valence-corrected chi connectivity index (χ0v) is 17.1. The van der Waals surface area contributed by atoms with Gasteiger partial charge < -0.3 is 18.6 Å². The molecule has 0 aliphatic heterocycles. The van der Waals surface area contributed by atoms with Crippen LogP contribution in [0.1, 0.15) is 31.9 Å². The zero-order chi connectivity index (χ0) is 21.1. The molecule has 1 heterocycles. The van der Waals surface area contributed by atoms with Crippen LogP contribution in [0.2, 0.25) is 0 Å². The van der Waals surface area contributed by atoms with Gasteiger partial charge in [0, 0.05) is 6.07 Å². The third kappa shape index (κ3) is 4.96. The van der Waals surface area contributed by atoms with E-state index in [0.29, 0.717) is 22.5 Å². The van der Waals surface area contributed by atoms with Gasteiger partial charge in [0.2, 0.25) is 11.2 Å². The van der Waals surface area contributed by atoms with Crippen molar-refractivity contribution >= 4 is 16.9 Å². The summed E-state index contributed by atoms with van der Waals surface area (Å²) in [6, 6.07) is 10.5. The lowest BCUT2D eigenvalue weighted by atomic mass is 10.1. The van der Waals surface area contributed by atoms with E-state index in [1.54, 1.807) is 39.0 Å². The van der Waals surface area contributed by atoms with Crippen molar-refractivity contribution in [3.05, 3.63) is 64.0 Å². The van der Waals surface area contributed by atoms with E-state index in [9.17, 15) is 9.59 Å². The van der Waals surface area contributed by atoms with Gasteiger partial charge in [0.05, 0.1) is 11.5 Å². The summed E-state index contributed by atoms with van der Waals surface area (Å²) in [7, 11) is 0. The molecule has 29 heavy (non-hydrogen) atoms. The van der Waals surface area contributed by atoms with Crippen molar-refractivity contribution in [1.82, 2.24) is 0 Å². The molecule has 0 aliphatic rings. The molecule has 0 spiro atoms. The Bertz CT molecular complexity index is 1080. The summed E-state index contributed by atoms with van der Waals surface area (Å²) in [5, 5.41) is 0.358. The van der Waals surface area contributed by atoms with Gasteiger partial charge in [-0.3, -0.25) is 4.79 Å². The highest BCUT2D eigenvalue weighted by Crippen LogP contribution is 2.25. The molecule has 0 fully saturated rings. The summed E-state index contributed by atoms with van der Waals surface area (Å²) in [6.07, 6.45) is 0.273. The zero-order valence-electron chi connectivity index (χ0n) is 17.1. The minimum atomic E-state index is -0.784. The van der Waals surface area contributed by atoms with Crippen LogP contribution in [0, 0.1) is 13.8 Å². The van der Waals surface area contributed by atoms with Crippen LogP contribution in [0.15, 0.2) is 51.9 Å². The topological polar surface area (TPSA) is 75.0 Å². The molecule has 6 nitrogen and oxygen atoms in total. The lowest BCUT2D eigenvalue weighted by Gasteiger charge is -2.16. The maximum atomic E-state index is 12.8. The Balaban J connectivity index is 1.83. The maximum Gasteiger partial charge on any atom is 0.347 e. The normalized spacial score (nSPS) is 12.1. The standard InChI is InChI=1S/C23H24O6/c1-13(2)27-23(25)16(5)28-17-6-7-19-20(11-17)26-12-21(22(19)24)29-18-9-14(3)8-15(4)10-18/h6-13,16H,1-5H3/t16-/m0/s1. The van der Waals surface area contributed by atoms with Crippen molar-refractivity contribution in [2.75, 3.05) is 0 Å². The maximum absolute atomic E-state index is 12.8. The first-order valence-electron chi connectivity index (χ1n) is 9.42. The Hall–Kier alpha value is -3.28. The highest BCUT2D eigenvalue weighted by atomic mass is 16.6. The van der Waals surface area contributed by atoms with Crippen LogP contribution in [-0.2, 0) is 9.53 Å². The van der Waals surface area contributed by atoms with Gasteiger partial charge in [-0.1, -0.05) is 6.07 Å². The Morgan fingerprint density at radius 2 is 1.66 bits per heavy atom. The van der Waals surface area contributed by atoms with Crippen LogP contribution in [0.4, 0.5) is 0 Å². The number of carbonyl (C=O) groups is 1. The molecule has 2 aromatic carbocycles. The van der Waals surface area contributed by atoms with Crippen LogP contribution in [0.25, 0.3) is 11.0 Å². The van der Waals surface area contributed by atoms with E-state index in [2.05, 4.69) is 0 Å². The molecular weight excluding hydrogens is 372 g/mol. The molecule has 1 aromatic heterocycles. The van der Waals surface area contributed by atoms with Gasteiger partial charge in [-0.05, 0) is 70.0 Å². The average molecular weight is 396 g/mol. The molecular formula is C23H24O6. The second kappa shape index (κ2) is 8.39. The number of fused-ring (bicyclic) bond motifs is 1. The lowest BCUT2D eigenvalue weighted by molar-refractivity contribution is -0.154. The van der Waals surface area contributed by atoms with Crippen LogP contribution in [0.5, 0.6) is 17.2 Å². The van der Waals surface area contributed by atoms with Crippen molar-refractivity contribution in [2.45, 2.75) is 46.8 Å². The molecule has 3 rings (SSSR count). The summed E-state index contributed by atoms with van der Waals surface area (Å²) >= 11 is 0. The SMILES string of the molecule is Cc1cc(C)cc(Oc2coc3cc(O[C@@H](C)C(=O)OC(C)C)ccc3c2=O)c1. The van der Waals surface area contributed by atoms with Crippen molar-refractivity contribution in [3.63, 3.8) is 0 Å². The first-order chi connectivity index (χ1) is 13.7. The van der Waals surface area contributed by atoms with E-state index >= 15 is 0 Å². The van der Waals surface area contributed by atoms with E-state index in [1.807, 2.05) is 32.0 Å². The molecule has 0 radical (unpaired) electrons. The third-order valence-electron chi connectivity index (χ3n) is 4.13. The van der Waals surface area contributed by atoms with Crippen LogP contribution in [0.3, 0.4) is 0 Å². The molecule has 0 saturated heterocycles. The Labute approximate surface area is 169 Å². The summed E-state index contributed by atoms with van der Waals surface area (Å²) < 4.78 is 22.1. The number of carbonyl (C=O) groups excluding carboxylic acids is 1. The van der Waals surface area contributed by atoms with Crippen LogP contribution in [-0.4, -0.2) is 18.2 Å². The minimum Gasteiger partial charge on any atom is -0.479 e. The molecule has 0 amide bonds. The largest absolute Gasteiger partial charge is 0.479 e. The number of esters is 1. The first kappa shape index (κ1) is 20.5. The van der Waals surface area contributed by atoms with Gasteiger partial charge >= 0.3 is 5.97 Å². The number of ether oxygens (including phenoxy) is 3. The monoisotopic (exact) mass is 396 g/mol. The number of hydrogen-bond donors (Lipinski definition) is 0. The van der Waals surface area contributed by atoms with Crippen molar-refractivity contribution in [1.29, 1.82) is 0 Å². The smallest absolute Gasteiger partial charge is 0.347 e. The molecule has 0 unspecified atom stereocenters. The molecule has 6 heteroatoms. The first-order valence-corrected chi connectivity index (χ1v) is 9.42. The van der Waals surface area contributed by atoms with E-state index in [4.69, 9.17) is 18.6 Å². The fourth-order valence-electron chi connectivity index (χ4n) is 2.93. The summed E-state index contributed by atoms with van der Waals surface area (Å²) in [6.45, 7) is 9.07. The highest BCUT2D eigenvalue weighted by molar-refractivity contribution is 5.79. The number of hydrogen-bond acceptors (Lipinski definition) is 6. The fraction of sp³-hybridized carbons (Fsp3) is 0.304. The van der Waals surface area contributed by atoms with Gasteiger partial charge in [0.15, 0.2) is 6.10 Å². The Morgan fingerprint density at radius 3 is 2.31 bits per heavy atom. The predicted molar refractivity (Wildman–Crippen MR) is 110 cm³/mol. The van der Waals surface area contributed by atoms with E-state index in [-0.39, 0.29) is 17.3 Å². The number of aryl methyl sites for hydroxylation is 2. The third-order valence-corrected chi connectivity index (χ3v) is 4.13. The lowest BCUT2D eigenvalue weighted by Crippen LogP contribution is -2.28. The molecule has 0 bridgehead atoms. The minimum absolute atomic E-state index is 0.102. The van der Waals surface area contributed by atoms with Crippen molar-refractivity contribution in [3.8, 4) is 17.2 Å². The van der Waals surface area contributed by atoms with E-state index in [0.717, 1.165) is 11.1 Å². The molecule has 0 N–H and O–H groups in total. The molecule has 1 atom stereocenters. The molecule has 152 valence electrons. The summed E-state index contributed by atoms with van der Waals surface area (Å²) in [4.78, 5) is 24.7. The van der Waals surface area contributed by atoms with Gasteiger partial charge in [0.25, 0.3) is 0 Å². The summed E-state index contributed by atoms with van der Waals surface area (Å²) in [5.41, 5.74) is 2.13. The molecule has 0 saturated carbocycles. The van der Waals surface area contributed by atoms with Crippen molar-refractivity contribution < 1.29 is 23.4 Å². The van der Waals surface area contributed by atoms with Gasteiger partial charge in [-0.25, -0.2) is 4.79 Å². The van der Waals surface area contributed by atoms with Crippen LogP contribution >= 0.6 is 0 Å². The number of benzene rings is 2. The van der Waals surface area contributed by atoms with Gasteiger partial charge in [-0.2, -0.15) is 0 Å². The van der Waals surface area contributed by atoms with Gasteiger partial charge in [-0.15, -0.1) is 0 Å². The Morgan fingerprint density at radius 1 is 0.966 bits per heavy atom. The highest BCUT2D eigenvalue weighted by Gasteiger charge is 2.18. The second-order valence-corrected chi connectivity index (χ2v) is 7.26. The van der Waals surface area contributed by atoms with E-state index in [1.165, 1.54) is 6.26 Å². The molecule has 0 aliphatic carbocycles. The number of rotatable bonds is 6. The Kier molecular flexibility index (Phi) is 5.92. The predicted octanol–water partition coefficient (Wildman–Crippen LogP) is 4.92. The van der Waals surface area contributed by atoms with Crippen LogP contribution < -0.4 is 14.9 Å². The van der Waals surface area contributed by atoms with E-state index < -0.39 is 12.1 Å². The average Bonchev–Trinajstić information content (AvgIpc) is 2.62.